The van der Waals surface area contributed by atoms with Gasteiger partial charge in [0, 0.05) is 12.1 Å². The van der Waals surface area contributed by atoms with E-state index in [4.69, 9.17) is 0 Å². The Morgan fingerprint density at radius 2 is 2.15 bits per heavy atom. The molecule has 0 spiro atoms. The number of benzene rings is 1. The third-order valence-corrected chi connectivity index (χ3v) is 3.87. The minimum Gasteiger partial charge on any atom is -0.326 e. The topological polar surface area (TPSA) is 74.8 Å². The molecule has 104 valence electrons. The minimum atomic E-state index is -0.193. The number of H-pyrrole nitrogens is 1. The van der Waals surface area contributed by atoms with Gasteiger partial charge in [0.25, 0.3) is 5.56 Å². The van der Waals surface area contributed by atoms with Gasteiger partial charge in [-0.05, 0) is 37.0 Å². The van der Waals surface area contributed by atoms with Crippen molar-refractivity contribution in [2.45, 2.75) is 32.1 Å². The number of rotatable bonds is 3. The molecule has 0 atom stereocenters. The predicted molar refractivity (Wildman–Crippen MR) is 77.6 cm³/mol. The van der Waals surface area contributed by atoms with Crippen molar-refractivity contribution in [1.82, 2.24) is 9.97 Å². The number of fused-ring (bicyclic) bond motifs is 1. The largest absolute Gasteiger partial charge is 0.326 e. The quantitative estimate of drug-likeness (QED) is 0.900. The smallest absolute Gasteiger partial charge is 0.258 e. The maximum atomic E-state index is 12.0. The monoisotopic (exact) mass is 271 g/mol. The first kappa shape index (κ1) is 12.8. The lowest BCUT2D eigenvalue weighted by Gasteiger charge is -2.09. The van der Waals surface area contributed by atoms with E-state index in [0.717, 1.165) is 12.8 Å². The first-order valence-electron chi connectivity index (χ1n) is 7.00. The molecular formula is C15H17N3O2. The van der Waals surface area contributed by atoms with E-state index in [0.29, 0.717) is 28.9 Å². The molecule has 1 fully saturated rings. The number of hydrogen-bond donors (Lipinski definition) is 2. The van der Waals surface area contributed by atoms with Crippen molar-refractivity contribution < 1.29 is 4.79 Å². The molecule has 0 aliphatic heterocycles. The highest BCUT2D eigenvalue weighted by molar-refractivity contribution is 5.93. The third-order valence-electron chi connectivity index (χ3n) is 3.87. The molecule has 5 nitrogen and oxygen atoms in total. The van der Waals surface area contributed by atoms with Crippen molar-refractivity contribution in [2.24, 2.45) is 5.92 Å². The summed E-state index contributed by atoms with van der Waals surface area (Å²) in [6, 6.07) is 5.20. The van der Waals surface area contributed by atoms with E-state index in [1.54, 1.807) is 18.2 Å². The molecule has 1 saturated carbocycles. The number of aromatic nitrogens is 2. The fraction of sp³-hybridized carbons (Fsp3) is 0.400. The summed E-state index contributed by atoms with van der Waals surface area (Å²) < 4.78 is 0. The second-order valence-electron chi connectivity index (χ2n) is 5.37. The number of carbonyl (C=O) groups is 1. The second-order valence-corrected chi connectivity index (χ2v) is 5.37. The average Bonchev–Trinajstić information content (AvgIpc) is 2.92. The zero-order chi connectivity index (χ0) is 13.9. The van der Waals surface area contributed by atoms with Crippen LogP contribution in [0, 0.1) is 5.92 Å². The summed E-state index contributed by atoms with van der Waals surface area (Å²) >= 11 is 0. The van der Waals surface area contributed by atoms with Crippen LogP contribution in [-0.4, -0.2) is 15.9 Å². The van der Waals surface area contributed by atoms with Crippen LogP contribution in [0.3, 0.4) is 0 Å². The normalized spacial score (nSPS) is 15.6. The van der Waals surface area contributed by atoms with E-state index >= 15 is 0 Å². The van der Waals surface area contributed by atoms with Crippen LogP contribution in [-0.2, 0) is 4.79 Å². The average molecular weight is 271 g/mol. The number of anilines is 1. The van der Waals surface area contributed by atoms with Crippen LogP contribution in [0.5, 0.6) is 0 Å². The molecule has 2 aromatic rings. The number of nitrogens with zero attached hydrogens (tertiary/aromatic N) is 1. The van der Waals surface area contributed by atoms with Crippen LogP contribution in [0.2, 0.25) is 0 Å². The van der Waals surface area contributed by atoms with E-state index in [1.165, 1.54) is 19.2 Å². The van der Waals surface area contributed by atoms with Crippen LogP contribution >= 0.6 is 0 Å². The molecule has 0 bridgehead atoms. The summed E-state index contributed by atoms with van der Waals surface area (Å²) in [4.78, 5) is 30.3. The van der Waals surface area contributed by atoms with Crippen LogP contribution < -0.4 is 10.9 Å². The van der Waals surface area contributed by atoms with Gasteiger partial charge in [-0.15, -0.1) is 0 Å². The molecule has 20 heavy (non-hydrogen) atoms. The van der Waals surface area contributed by atoms with Crippen molar-refractivity contribution in [1.29, 1.82) is 0 Å². The van der Waals surface area contributed by atoms with Crippen molar-refractivity contribution in [3.63, 3.8) is 0 Å². The Kier molecular flexibility index (Phi) is 3.50. The fourth-order valence-corrected chi connectivity index (χ4v) is 2.84. The molecule has 5 heteroatoms. The van der Waals surface area contributed by atoms with E-state index in [1.807, 2.05) is 0 Å². The Bertz CT molecular complexity index is 687. The van der Waals surface area contributed by atoms with Crippen LogP contribution in [0.25, 0.3) is 10.9 Å². The Balaban J connectivity index is 1.75. The van der Waals surface area contributed by atoms with Crippen LogP contribution in [0.15, 0.2) is 29.3 Å². The molecule has 0 saturated heterocycles. The number of hydrogen-bond acceptors (Lipinski definition) is 3. The van der Waals surface area contributed by atoms with Gasteiger partial charge in [0.15, 0.2) is 0 Å². The summed E-state index contributed by atoms with van der Waals surface area (Å²) in [6.45, 7) is 0. The molecule has 1 aromatic heterocycles. The molecule has 1 aromatic carbocycles. The van der Waals surface area contributed by atoms with E-state index < -0.39 is 0 Å². The number of nitrogens with one attached hydrogen (secondary N) is 2. The molecule has 0 unspecified atom stereocenters. The zero-order valence-corrected chi connectivity index (χ0v) is 11.2. The molecule has 2 N–H and O–H groups in total. The molecule has 1 aliphatic rings. The third kappa shape index (κ3) is 2.71. The first-order valence-corrected chi connectivity index (χ1v) is 7.00. The lowest BCUT2D eigenvalue weighted by atomic mass is 10.0. The van der Waals surface area contributed by atoms with Gasteiger partial charge in [-0.1, -0.05) is 12.8 Å². The van der Waals surface area contributed by atoms with E-state index in [-0.39, 0.29) is 11.5 Å². The fourth-order valence-electron chi connectivity index (χ4n) is 2.84. The maximum Gasteiger partial charge on any atom is 0.258 e. The van der Waals surface area contributed by atoms with Crippen LogP contribution in [0.1, 0.15) is 32.1 Å². The lowest BCUT2D eigenvalue weighted by Crippen LogP contribution is -2.15. The molecule has 3 rings (SSSR count). The summed E-state index contributed by atoms with van der Waals surface area (Å²) in [5.41, 5.74) is 1.09. The van der Waals surface area contributed by atoms with Gasteiger partial charge < -0.3 is 10.3 Å². The van der Waals surface area contributed by atoms with Gasteiger partial charge in [0.05, 0.1) is 17.2 Å². The lowest BCUT2D eigenvalue weighted by molar-refractivity contribution is -0.117. The number of carbonyl (C=O) groups excluding carboxylic acids is 1. The summed E-state index contributed by atoms with van der Waals surface area (Å²) in [6.07, 6.45) is 6.71. The minimum absolute atomic E-state index is 0.0246. The predicted octanol–water partition coefficient (Wildman–Crippen LogP) is 2.44. The first-order chi connectivity index (χ1) is 9.72. The van der Waals surface area contributed by atoms with Crippen molar-refractivity contribution >= 4 is 22.5 Å². The van der Waals surface area contributed by atoms with Gasteiger partial charge in [-0.2, -0.15) is 0 Å². The van der Waals surface area contributed by atoms with Crippen molar-refractivity contribution in [3.8, 4) is 0 Å². The van der Waals surface area contributed by atoms with Gasteiger partial charge in [0.1, 0.15) is 0 Å². The highest BCUT2D eigenvalue weighted by atomic mass is 16.1. The summed E-state index contributed by atoms with van der Waals surface area (Å²) in [7, 11) is 0. The van der Waals surface area contributed by atoms with Gasteiger partial charge >= 0.3 is 0 Å². The van der Waals surface area contributed by atoms with E-state index in [9.17, 15) is 9.59 Å². The van der Waals surface area contributed by atoms with Gasteiger partial charge in [0.2, 0.25) is 5.91 Å². The Hall–Kier alpha value is -2.17. The number of aromatic amines is 1. The summed E-state index contributed by atoms with van der Waals surface area (Å²) in [5, 5.41) is 3.36. The molecular weight excluding hydrogens is 254 g/mol. The molecule has 0 radical (unpaired) electrons. The van der Waals surface area contributed by atoms with Gasteiger partial charge in [-0.3, -0.25) is 9.59 Å². The van der Waals surface area contributed by atoms with Crippen LogP contribution in [0.4, 0.5) is 5.69 Å². The number of amides is 1. The highest BCUT2D eigenvalue weighted by Gasteiger charge is 2.18. The summed E-state index contributed by atoms with van der Waals surface area (Å²) in [5.74, 6) is 0.539. The highest BCUT2D eigenvalue weighted by Crippen LogP contribution is 2.27. The molecule has 1 amide bonds. The van der Waals surface area contributed by atoms with E-state index in [2.05, 4.69) is 15.3 Å². The standard InChI is InChI=1S/C15H17N3O2/c19-14(7-10-3-1-2-4-10)18-11-5-6-13-12(8-11)15(20)17-9-16-13/h5-6,8-10H,1-4,7H2,(H,18,19)(H,16,17,20). The Morgan fingerprint density at radius 3 is 2.95 bits per heavy atom. The Morgan fingerprint density at radius 1 is 1.35 bits per heavy atom. The Labute approximate surface area is 116 Å². The van der Waals surface area contributed by atoms with Crippen molar-refractivity contribution in [2.75, 3.05) is 5.32 Å². The zero-order valence-electron chi connectivity index (χ0n) is 11.2. The SMILES string of the molecule is O=C(CC1CCCC1)Nc1ccc2nc[nH]c(=O)c2c1. The molecule has 1 heterocycles. The molecule has 1 aliphatic carbocycles. The maximum absolute atomic E-state index is 12.0. The second kappa shape index (κ2) is 5.45. The van der Waals surface area contributed by atoms with Gasteiger partial charge in [-0.25, -0.2) is 4.98 Å². The van der Waals surface area contributed by atoms with Crippen molar-refractivity contribution in [3.05, 3.63) is 34.9 Å².